The molecule has 0 aliphatic carbocycles. The van der Waals surface area contributed by atoms with E-state index in [0.29, 0.717) is 17.6 Å². The predicted octanol–water partition coefficient (Wildman–Crippen LogP) is 1.47. The van der Waals surface area contributed by atoms with E-state index in [1.165, 1.54) is 0 Å². The topological polar surface area (TPSA) is 53.1 Å². The van der Waals surface area contributed by atoms with Gasteiger partial charge in [0.05, 0.1) is 30.8 Å². The van der Waals surface area contributed by atoms with Gasteiger partial charge >= 0.3 is 0 Å². The maximum absolute atomic E-state index is 5.77. The first-order valence-corrected chi connectivity index (χ1v) is 7.71. The molecule has 0 saturated heterocycles. The highest BCUT2D eigenvalue weighted by Crippen LogP contribution is 2.16. The molecule has 0 radical (unpaired) electrons. The van der Waals surface area contributed by atoms with Crippen LogP contribution in [-0.2, 0) is 22.4 Å². The maximum Gasteiger partial charge on any atom is 0.140 e. The average Bonchev–Trinajstić information content (AvgIpc) is 2.67. The minimum atomic E-state index is 0.431. The Morgan fingerprint density at radius 3 is 3.00 bits per heavy atom. The van der Waals surface area contributed by atoms with E-state index in [2.05, 4.69) is 17.6 Å². The van der Waals surface area contributed by atoms with E-state index in [0.717, 1.165) is 29.0 Å². The van der Waals surface area contributed by atoms with Gasteiger partial charge in [-0.05, 0) is 29.1 Å². The number of nitrogen functional groups attached to an aromatic ring is 1. The molecular weight excluding hydrogens is 234 g/mol. The van der Waals surface area contributed by atoms with Gasteiger partial charge in [0.15, 0.2) is 0 Å². The summed E-state index contributed by atoms with van der Waals surface area (Å²) in [5.41, 5.74) is 7.54. The van der Waals surface area contributed by atoms with Gasteiger partial charge in [-0.1, -0.05) is 0 Å². The first-order chi connectivity index (χ1) is 8.16. The summed E-state index contributed by atoms with van der Waals surface area (Å²) >= 11 is 0. The van der Waals surface area contributed by atoms with Crippen molar-refractivity contribution >= 4 is 27.5 Å². The molecule has 1 aromatic heterocycles. The van der Waals surface area contributed by atoms with Crippen LogP contribution in [0.5, 0.6) is 0 Å². The summed E-state index contributed by atoms with van der Waals surface area (Å²) in [6, 6.07) is 5.79. The summed E-state index contributed by atoms with van der Waals surface area (Å²) < 4.78 is 7.45. The van der Waals surface area contributed by atoms with E-state index in [1.54, 1.807) is 0 Å². The van der Waals surface area contributed by atoms with E-state index in [9.17, 15) is 0 Å². The molecule has 5 heteroatoms. The molecule has 17 heavy (non-hydrogen) atoms. The molecule has 92 valence electrons. The molecule has 1 heterocycles. The van der Waals surface area contributed by atoms with Crippen LogP contribution in [0.2, 0.25) is 0 Å². The third-order valence-electron chi connectivity index (χ3n) is 2.52. The summed E-state index contributed by atoms with van der Waals surface area (Å²) in [7, 11) is 0.431. The van der Waals surface area contributed by atoms with E-state index in [1.807, 2.05) is 29.1 Å². The number of aromatic nitrogens is 2. The van der Waals surface area contributed by atoms with Gasteiger partial charge in [0.25, 0.3) is 0 Å². The normalized spacial score (nSPS) is 11.5. The Morgan fingerprint density at radius 1 is 1.41 bits per heavy atom. The van der Waals surface area contributed by atoms with Crippen LogP contribution in [0.4, 0.5) is 5.69 Å². The number of hydrogen-bond acceptors (Lipinski definition) is 3. The molecule has 0 fully saturated rings. The standard InChI is InChI=1S/C12H18N3OS/c1-17(2)6-5-16-9-15-12-7-11(13)4-3-10(12)8-14-15/h3-4,7-8H,5-6,9,13H2,1-2H3/q+1. The monoisotopic (exact) mass is 252 g/mol. The molecule has 0 aliphatic heterocycles. The SMILES string of the molecule is C[S+](C)CCOCn1ncc2ccc(N)cc21. The summed E-state index contributed by atoms with van der Waals surface area (Å²) in [6.07, 6.45) is 6.27. The maximum atomic E-state index is 5.77. The summed E-state index contributed by atoms with van der Waals surface area (Å²) in [6.45, 7) is 1.27. The fraction of sp³-hybridized carbons (Fsp3) is 0.417. The lowest BCUT2D eigenvalue weighted by Gasteiger charge is -2.05. The Bertz CT molecular complexity index is 495. The number of nitrogens with two attached hydrogens (primary N) is 1. The second-order valence-corrected chi connectivity index (χ2v) is 6.57. The largest absolute Gasteiger partial charge is 0.399 e. The minimum Gasteiger partial charge on any atom is -0.399 e. The molecule has 0 saturated carbocycles. The predicted molar refractivity (Wildman–Crippen MR) is 74.2 cm³/mol. The van der Waals surface area contributed by atoms with Crippen molar-refractivity contribution in [3.63, 3.8) is 0 Å². The Balaban J connectivity index is 2.01. The smallest absolute Gasteiger partial charge is 0.140 e. The summed E-state index contributed by atoms with van der Waals surface area (Å²) in [5, 5.41) is 5.38. The lowest BCUT2D eigenvalue weighted by molar-refractivity contribution is 0.0841. The highest BCUT2D eigenvalue weighted by Gasteiger charge is 2.04. The molecule has 2 aromatic rings. The summed E-state index contributed by atoms with van der Waals surface area (Å²) in [4.78, 5) is 0. The van der Waals surface area contributed by atoms with Gasteiger partial charge in [-0.25, -0.2) is 4.68 Å². The van der Waals surface area contributed by atoms with Gasteiger partial charge in [-0.2, -0.15) is 5.10 Å². The van der Waals surface area contributed by atoms with Gasteiger partial charge in [0.2, 0.25) is 0 Å². The molecule has 2 N–H and O–H groups in total. The van der Waals surface area contributed by atoms with Crippen molar-refractivity contribution in [3.8, 4) is 0 Å². The Morgan fingerprint density at radius 2 is 2.24 bits per heavy atom. The van der Waals surface area contributed by atoms with Crippen LogP contribution in [0.1, 0.15) is 0 Å². The molecule has 2 rings (SSSR count). The van der Waals surface area contributed by atoms with Gasteiger partial charge < -0.3 is 10.5 Å². The lowest BCUT2D eigenvalue weighted by atomic mass is 10.2. The van der Waals surface area contributed by atoms with Crippen LogP contribution in [0.15, 0.2) is 24.4 Å². The lowest BCUT2D eigenvalue weighted by Crippen LogP contribution is -2.12. The van der Waals surface area contributed by atoms with Crippen LogP contribution < -0.4 is 5.73 Å². The van der Waals surface area contributed by atoms with Gasteiger partial charge in [-0.15, -0.1) is 0 Å². The number of nitrogens with zero attached hydrogens (tertiary/aromatic N) is 2. The third-order valence-corrected chi connectivity index (χ3v) is 3.50. The van der Waals surface area contributed by atoms with Gasteiger partial charge in [0, 0.05) is 11.1 Å². The molecule has 0 unspecified atom stereocenters. The molecule has 0 amide bonds. The van der Waals surface area contributed by atoms with Crippen LogP contribution in [0.3, 0.4) is 0 Å². The molecule has 0 bridgehead atoms. The zero-order valence-electron chi connectivity index (χ0n) is 10.2. The molecule has 0 aliphatic rings. The van der Waals surface area contributed by atoms with Crippen molar-refractivity contribution in [2.75, 3.05) is 30.6 Å². The fourth-order valence-electron chi connectivity index (χ4n) is 1.57. The van der Waals surface area contributed by atoms with E-state index < -0.39 is 0 Å². The van der Waals surface area contributed by atoms with Crippen molar-refractivity contribution < 1.29 is 4.74 Å². The van der Waals surface area contributed by atoms with Crippen LogP contribution in [0, 0.1) is 0 Å². The van der Waals surface area contributed by atoms with Crippen molar-refractivity contribution in [1.82, 2.24) is 9.78 Å². The first kappa shape index (κ1) is 12.3. The average molecular weight is 252 g/mol. The quantitative estimate of drug-likeness (QED) is 0.498. The van der Waals surface area contributed by atoms with Gasteiger partial charge in [-0.3, -0.25) is 0 Å². The Hall–Kier alpha value is -1.20. The molecule has 4 nitrogen and oxygen atoms in total. The molecule has 0 spiro atoms. The second kappa shape index (κ2) is 5.42. The van der Waals surface area contributed by atoms with E-state index >= 15 is 0 Å². The number of benzene rings is 1. The van der Waals surface area contributed by atoms with Crippen molar-refractivity contribution in [2.45, 2.75) is 6.73 Å². The molecular formula is C12H18N3OS+. The third kappa shape index (κ3) is 3.14. The van der Waals surface area contributed by atoms with Gasteiger partial charge in [0.1, 0.15) is 12.5 Å². The fourth-order valence-corrected chi connectivity index (χ4v) is 2.02. The van der Waals surface area contributed by atoms with Crippen molar-refractivity contribution in [3.05, 3.63) is 24.4 Å². The van der Waals surface area contributed by atoms with Crippen LogP contribution >= 0.6 is 0 Å². The Kier molecular flexibility index (Phi) is 3.91. The first-order valence-electron chi connectivity index (χ1n) is 5.50. The highest BCUT2D eigenvalue weighted by atomic mass is 32.2. The van der Waals surface area contributed by atoms with Crippen molar-refractivity contribution in [2.24, 2.45) is 0 Å². The van der Waals surface area contributed by atoms with Crippen LogP contribution in [-0.4, -0.2) is 34.7 Å². The zero-order valence-corrected chi connectivity index (χ0v) is 11.0. The number of fused-ring (bicyclic) bond motifs is 1. The number of anilines is 1. The minimum absolute atomic E-state index is 0.431. The van der Waals surface area contributed by atoms with Crippen LogP contribution in [0.25, 0.3) is 10.9 Å². The molecule has 0 atom stereocenters. The number of ether oxygens (including phenoxy) is 1. The van der Waals surface area contributed by atoms with Crippen molar-refractivity contribution in [1.29, 1.82) is 0 Å². The number of rotatable bonds is 5. The Labute approximate surface area is 104 Å². The summed E-state index contributed by atoms with van der Waals surface area (Å²) in [5.74, 6) is 1.10. The van der Waals surface area contributed by atoms with E-state index in [-0.39, 0.29) is 0 Å². The highest BCUT2D eigenvalue weighted by molar-refractivity contribution is 7.95. The van der Waals surface area contributed by atoms with E-state index in [4.69, 9.17) is 10.5 Å². The second-order valence-electron chi connectivity index (χ2n) is 4.19. The number of hydrogen-bond donors (Lipinski definition) is 1. The zero-order chi connectivity index (χ0) is 12.3. The molecule has 1 aromatic carbocycles.